The van der Waals surface area contributed by atoms with Crippen molar-refractivity contribution in [2.45, 2.75) is 17.0 Å². The van der Waals surface area contributed by atoms with Crippen LogP contribution in [0.1, 0.15) is 27.4 Å². The Morgan fingerprint density at radius 3 is 2.82 bits per heavy atom. The van der Waals surface area contributed by atoms with Crippen molar-refractivity contribution in [3.63, 3.8) is 0 Å². The third-order valence-electron chi connectivity index (χ3n) is 3.93. The molecule has 4 rings (SSSR count). The van der Waals surface area contributed by atoms with Gasteiger partial charge in [-0.15, -0.1) is 0 Å². The van der Waals surface area contributed by atoms with Gasteiger partial charge in [0.15, 0.2) is 0 Å². The zero-order valence-electron chi connectivity index (χ0n) is 11.9. The van der Waals surface area contributed by atoms with Crippen molar-refractivity contribution < 1.29 is 48.0 Å². The van der Waals surface area contributed by atoms with Gasteiger partial charge in [-0.05, 0) is 0 Å². The molecule has 1 unspecified atom stereocenters. The van der Waals surface area contributed by atoms with E-state index in [1.165, 1.54) is 26.9 Å². The summed E-state index contributed by atoms with van der Waals surface area (Å²) in [5.41, 5.74) is 3.08. The van der Waals surface area contributed by atoms with E-state index in [0.717, 1.165) is 5.02 Å². The van der Waals surface area contributed by atoms with Crippen molar-refractivity contribution in [1.82, 2.24) is 0 Å². The number of thiophene rings is 1. The molecule has 0 spiro atoms. The third kappa shape index (κ3) is 3.06. The Morgan fingerprint density at radius 1 is 1.27 bits per heavy atom. The summed E-state index contributed by atoms with van der Waals surface area (Å²) in [5.74, 6) is 0. The number of hydrogen-bond donors (Lipinski definition) is 0. The molecule has 112 valence electrons. The van der Waals surface area contributed by atoms with E-state index >= 15 is 0 Å². The first-order valence-electron chi connectivity index (χ1n) is 6.75. The van der Waals surface area contributed by atoms with E-state index in [1.54, 1.807) is 8.85 Å². The standard InChI is InChI=1S/C12H8ClS.C5H5.2ClH.Zr/c1-7-5-8-11(6-7)14-10-4-2-3-9(13)12(8)10;1-2-4-5-3-1;;;/h2-6H,1H3;1-3H,4H2;2*1H;/q;;;;+2/p-2. The van der Waals surface area contributed by atoms with E-state index in [9.17, 15) is 0 Å². The first kappa shape index (κ1) is 18.5. The number of hydrogen-bond acceptors (Lipinski definition) is 1. The molecular formula is C17H13Cl3SZr. The number of halogens is 3. The molecule has 1 heterocycles. The molecule has 1 aromatic carbocycles. The number of rotatable bonds is 2. The molecule has 0 amide bonds. The molecule has 0 fully saturated rings. The molecule has 22 heavy (non-hydrogen) atoms. The normalized spacial score (nSPS) is 18.2. The molecule has 0 nitrogen and oxygen atoms in total. The predicted molar refractivity (Wildman–Crippen MR) is 85.1 cm³/mol. The van der Waals surface area contributed by atoms with Gasteiger partial charge in [-0.25, -0.2) is 0 Å². The van der Waals surface area contributed by atoms with Crippen LogP contribution in [0.2, 0.25) is 5.02 Å². The second-order valence-corrected chi connectivity index (χ2v) is 10.5. The van der Waals surface area contributed by atoms with Crippen molar-refractivity contribution in [3.05, 3.63) is 60.7 Å². The summed E-state index contributed by atoms with van der Waals surface area (Å²) >= 11 is 7.78. The molecule has 1 atom stereocenters. The van der Waals surface area contributed by atoms with E-state index < -0.39 is 23.2 Å². The SMILES string of the molecule is CC1=Cc2sc3cccc(Cl)c3c2[CH]1[Zr+2][C]1=CC=CC1.[Cl-].[Cl-]. The summed E-state index contributed by atoms with van der Waals surface area (Å²) in [6.07, 6.45) is 10.4. The average molecular weight is 447 g/mol. The molecule has 5 heteroatoms. The molecule has 2 aliphatic carbocycles. The van der Waals surface area contributed by atoms with Gasteiger partial charge in [0.05, 0.1) is 0 Å². The minimum Gasteiger partial charge on any atom is -1.00 e. The smallest absolute Gasteiger partial charge is 1.00 e. The third-order valence-corrected chi connectivity index (χ3v) is 9.73. The van der Waals surface area contributed by atoms with Gasteiger partial charge in [-0.1, -0.05) is 0 Å². The summed E-state index contributed by atoms with van der Waals surface area (Å²) < 4.78 is 3.72. The van der Waals surface area contributed by atoms with Crippen LogP contribution in [0, 0.1) is 0 Å². The van der Waals surface area contributed by atoms with Crippen LogP contribution in [-0.2, 0) is 23.2 Å². The zero-order valence-corrected chi connectivity index (χ0v) is 17.4. The van der Waals surface area contributed by atoms with Crippen LogP contribution in [-0.4, -0.2) is 0 Å². The fourth-order valence-electron chi connectivity index (χ4n) is 2.98. The number of fused-ring (bicyclic) bond motifs is 3. The van der Waals surface area contributed by atoms with Crippen LogP contribution in [0.3, 0.4) is 0 Å². The van der Waals surface area contributed by atoms with Crippen molar-refractivity contribution >= 4 is 39.1 Å². The monoisotopic (exact) mass is 444 g/mol. The average Bonchev–Trinajstić information content (AvgIpc) is 3.08. The summed E-state index contributed by atoms with van der Waals surface area (Å²) in [7, 11) is 0. The largest absolute Gasteiger partial charge is 1.00 e. The Morgan fingerprint density at radius 2 is 2.09 bits per heavy atom. The van der Waals surface area contributed by atoms with Crippen LogP contribution in [0.5, 0.6) is 0 Å². The van der Waals surface area contributed by atoms with E-state index in [1.807, 2.05) is 17.4 Å². The molecule has 0 radical (unpaired) electrons. The van der Waals surface area contributed by atoms with E-state index in [-0.39, 0.29) is 24.8 Å². The Bertz CT molecular complexity index is 802. The summed E-state index contributed by atoms with van der Waals surface area (Å²) in [6.45, 7) is 2.30. The molecule has 2 aromatic rings. The van der Waals surface area contributed by atoms with Crippen molar-refractivity contribution in [1.29, 1.82) is 0 Å². The molecule has 0 aliphatic heterocycles. The maximum Gasteiger partial charge on any atom is -1.00 e. The summed E-state index contributed by atoms with van der Waals surface area (Å²) in [4.78, 5) is 1.45. The van der Waals surface area contributed by atoms with E-state index in [2.05, 4.69) is 43.4 Å². The molecular weight excluding hydrogens is 434 g/mol. The maximum atomic E-state index is 6.49. The Balaban J connectivity index is 0.000000882. The zero-order chi connectivity index (χ0) is 13.7. The molecule has 0 saturated carbocycles. The molecule has 0 bridgehead atoms. The fraction of sp³-hybridized carbons (Fsp3) is 0.176. The summed E-state index contributed by atoms with van der Waals surface area (Å²) in [6, 6.07) is 6.29. The van der Waals surface area contributed by atoms with Gasteiger partial charge in [-0.3, -0.25) is 0 Å². The Kier molecular flexibility index (Phi) is 6.19. The second-order valence-electron chi connectivity index (χ2n) is 5.28. The molecule has 1 aromatic heterocycles. The first-order chi connectivity index (χ1) is 9.74. The van der Waals surface area contributed by atoms with Crippen LogP contribution in [0.4, 0.5) is 0 Å². The van der Waals surface area contributed by atoms with Gasteiger partial charge in [0, 0.05) is 0 Å². The van der Waals surface area contributed by atoms with Gasteiger partial charge < -0.3 is 24.8 Å². The predicted octanol–water partition coefficient (Wildman–Crippen LogP) is -0.0530. The molecule has 0 N–H and O–H groups in total. The van der Waals surface area contributed by atoms with Crippen molar-refractivity contribution in [2.24, 2.45) is 0 Å². The molecule has 0 saturated heterocycles. The van der Waals surface area contributed by atoms with Crippen LogP contribution in [0.15, 0.2) is 45.3 Å². The molecule has 2 aliphatic rings. The number of benzene rings is 1. The Labute approximate surface area is 163 Å². The van der Waals surface area contributed by atoms with Crippen molar-refractivity contribution in [3.8, 4) is 0 Å². The van der Waals surface area contributed by atoms with Crippen LogP contribution < -0.4 is 24.8 Å². The van der Waals surface area contributed by atoms with Crippen LogP contribution >= 0.6 is 22.9 Å². The summed E-state index contributed by atoms with van der Waals surface area (Å²) in [5, 5.41) is 2.24. The minimum atomic E-state index is -0.605. The number of allylic oxidation sites excluding steroid dienone is 5. The quantitative estimate of drug-likeness (QED) is 0.607. The van der Waals surface area contributed by atoms with E-state index in [0.29, 0.717) is 3.63 Å². The van der Waals surface area contributed by atoms with Gasteiger partial charge in [0.25, 0.3) is 0 Å². The maximum absolute atomic E-state index is 6.49. The van der Waals surface area contributed by atoms with Gasteiger partial charge in [0.2, 0.25) is 0 Å². The van der Waals surface area contributed by atoms with Gasteiger partial charge >= 0.3 is 140 Å². The first-order valence-corrected chi connectivity index (χ1v) is 10.6. The minimum absolute atomic E-state index is 0. The van der Waals surface area contributed by atoms with Crippen molar-refractivity contribution in [2.75, 3.05) is 0 Å². The fourth-order valence-corrected chi connectivity index (χ4v) is 8.67. The van der Waals surface area contributed by atoms with Crippen LogP contribution in [0.25, 0.3) is 16.2 Å². The van der Waals surface area contributed by atoms with Gasteiger partial charge in [-0.2, -0.15) is 0 Å². The van der Waals surface area contributed by atoms with Gasteiger partial charge in [0.1, 0.15) is 0 Å². The van der Waals surface area contributed by atoms with E-state index in [4.69, 9.17) is 11.6 Å². The Hall–Kier alpha value is 0.153. The second kappa shape index (κ2) is 7.37. The topological polar surface area (TPSA) is 0 Å².